The molecule has 1 fully saturated rings. The van der Waals surface area contributed by atoms with Crippen LogP contribution in [0.2, 0.25) is 0 Å². The molecule has 0 bridgehead atoms. The number of primary amides is 1. The third-order valence-corrected chi connectivity index (χ3v) is 3.81. The number of carbonyl (C=O) groups is 1. The van der Waals surface area contributed by atoms with Crippen LogP contribution in [0.25, 0.3) is 11.5 Å². The predicted molar refractivity (Wildman–Crippen MR) is 79.8 cm³/mol. The van der Waals surface area contributed by atoms with Gasteiger partial charge in [-0.3, -0.25) is 9.78 Å². The molecule has 0 aliphatic carbocycles. The van der Waals surface area contributed by atoms with Crippen LogP contribution in [0.4, 0.5) is 19.0 Å². The van der Waals surface area contributed by atoms with Gasteiger partial charge in [-0.1, -0.05) is 6.07 Å². The lowest BCUT2D eigenvalue weighted by molar-refractivity contribution is -0.141. The van der Waals surface area contributed by atoms with E-state index in [1.54, 1.807) is 17.0 Å². The van der Waals surface area contributed by atoms with Crippen LogP contribution < -0.4 is 10.6 Å². The zero-order valence-electron chi connectivity index (χ0n) is 12.5. The second-order valence-corrected chi connectivity index (χ2v) is 5.48. The van der Waals surface area contributed by atoms with Gasteiger partial charge in [-0.2, -0.15) is 13.2 Å². The van der Waals surface area contributed by atoms with Crippen molar-refractivity contribution in [2.45, 2.75) is 12.6 Å². The molecule has 126 valence electrons. The summed E-state index contributed by atoms with van der Waals surface area (Å²) in [5, 5.41) is 0. The van der Waals surface area contributed by atoms with Gasteiger partial charge in [-0.25, -0.2) is 9.97 Å². The molecule has 0 radical (unpaired) electrons. The lowest BCUT2D eigenvalue weighted by Crippen LogP contribution is -2.28. The summed E-state index contributed by atoms with van der Waals surface area (Å²) in [6.07, 6.45) is -2.67. The molecule has 3 rings (SSSR count). The van der Waals surface area contributed by atoms with Crippen LogP contribution in [0, 0.1) is 5.92 Å². The Morgan fingerprint density at radius 1 is 1.29 bits per heavy atom. The Bertz CT molecular complexity index is 751. The number of halogens is 3. The SMILES string of the molecule is NC(=O)[C@@H]1CCN(c2cc(C(F)(F)F)nc(-c3ccccn3)n2)C1. The number of hydrogen-bond acceptors (Lipinski definition) is 5. The summed E-state index contributed by atoms with van der Waals surface area (Å²) in [5.41, 5.74) is 4.47. The number of nitrogens with zero attached hydrogens (tertiary/aromatic N) is 4. The highest BCUT2D eigenvalue weighted by molar-refractivity contribution is 5.78. The third kappa shape index (κ3) is 3.29. The van der Waals surface area contributed by atoms with Crippen molar-refractivity contribution >= 4 is 11.7 Å². The first-order valence-corrected chi connectivity index (χ1v) is 7.26. The number of hydrogen-bond donors (Lipinski definition) is 1. The van der Waals surface area contributed by atoms with Gasteiger partial charge in [0, 0.05) is 25.4 Å². The largest absolute Gasteiger partial charge is 0.433 e. The Labute approximate surface area is 135 Å². The molecular weight excluding hydrogens is 323 g/mol. The second kappa shape index (κ2) is 6.06. The number of pyridine rings is 1. The highest BCUT2D eigenvalue weighted by atomic mass is 19.4. The van der Waals surface area contributed by atoms with Crippen molar-refractivity contribution in [2.24, 2.45) is 11.7 Å². The van der Waals surface area contributed by atoms with Crippen LogP contribution in [0.15, 0.2) is 30.5 Å². The normalized spacial score (nSPS) is 18.0. The van der Waals surface area contributed by atoms with E-state index < -0.39 is 23.7 Å². The van der Waals surface area contributed by atoms with Crippen LogP contribution in [-0.2, 0) is 11.0 Å². The van der Waals surface area contributed by atoms with Crippen molar-refractivity contribution in [3.8, 4) is 11.5 Å². The quantitative estimate of drug-likeness (QED) is 0.924. The molecule has 1 amide bonds. The van der Waals surface area contributed by atoms with E-state index in [1.165, 1.54) is 12.3 Å². The zero-order valence-corrected chi connectivity index (χ0v) is 12.5. The Kier molecular flexibility index (Phi) is 4.08. The Hall–Kier alpha value is -2.71. The minimum atomic E-state index is -4.61. The number of rotatable bonds is 3. The summed E-state index contributed by atoms with van der Waals surface area (Å²) in [6, 6.07) is 5.71. The lowest BCUT2D eigenvalue weighted by atomic mass is 10.1. The van der Waals surface area contributed by atoms with Crippen molar-refractivity contribution < 1.29 is 18.0 Å². The molecule has 0 saturated carbocycles. The van der Waals surface area contributed by atoms with E-state index in [-0.39, 0.29) is 23.9 Å². The van der Waals surface area contributed by atoms with Crippen molar-refractivity contribution in [2.75, 3.05) is 18.0 Å². The number of nitrogens with two attached hydrogens (primary N) is 1. The van der Waals surface area contributed by atoms with Crippen LogP contribution in [-0.4, -0.2) is 33.9 Å². The van der Waals surface area contributed by atoms with Gasteiger partial charge in [0.1, 0.15) is 11.5 Å². The number of anilines is 1. The molecule has 0 aromatic carbocycles. The molecule has 9 heteroatoms. The smallest absolute Gasteiger partial charge is 0.369 e. The van der Waals surface area contributed by atoms with Crippen molar-refractivity contribution in [1.29, 1.82) is 0 Å². The zero-order chi connectivity index (χ0) is 17.3. The number of carbonyl (C=O) groups excluding carboxylic acids is 1. The Morgan fingerprint density at radius 2 is 2.08 bits per heavy atom. The Balaban J connectivity index is 2.02. The average Bonchev–Trinajstić information content (AvgIpc) is 3.05. The van der Waals surface area contributed by atoms with E-state index >= 15 is 0 Å². The summed E-state index contributed by atoms with van der Waals surface area (Å²) < 4.78 is 39.5. The van der Waals surface area contributed by atoms with E-state index in [0.29, 0.717) is 13.0 Å². The fourth-order valence-corrected chi connectivity index (χ4v) is 2.55. The van der Waals surface area contributed by atoms with Crippen LogP contribution in [0.5, 0.6) is 0 Å². The molecule has 2 N–H and O–H groups in total. The molecule has 6 nitrogen and oxygen atoms in total. The van der Waals surface area contributed by atoms with Gasteiger partial charge in [0.25, 0.3) is 0 Å². The summed E-state index contributed by atoms with van der Waals surface area (Å²) in [4.78, 5) is 24.7. The molecular formula is C15H14F3N5O. The van der Waals surface area contributed by atoms with Gasteiger partial charge >= 0.3 is 6.18 Å². The van der Waals surface area contributed by atoms with Gasteiger partial charge in [-0.15, -0.1) is 0 Å². The van der Waals surface area contributed by atoms with Crippen molar-refractivity contribution in [3.05, 3.63) is 36.2 Å². The molecule has 0 spiro atoms. The van der Waals surface area contributed by atoms with Gasteiger partial charge < -0.3 is 10.6 Å². The summed E-state index contributed by atoms with van der Waals surface area (Å²) in [7, 11) is 0. The van der Waals surface area contributed by atoms with Crippen LogP contribution in [0.3, 0.4) is 0 Å². The fraction of sp³-hybridized carbons (Fsp3) is 0.333. The minimum absolute atomic E-state index is 0.108. The molecule has 1 aliphatic rings. The highest BCUT2D eigenvalue weighted by Gasteiger charge is 2.35. The van der Waals surface area contributed by atoms with Crippen molar-refractivity contribution in [1.82, 2.24) is 15.0 Å². The molecule has 2 aromatic rings. The Morgan fingerprint density at radius 3 is 2.67 bits per heavy atom. The molecule has 1 saturated heterocycles. The van der Waals surface area contributed by atoms with Gasteiger partial charge in [0.05, 0.1) is 5.92 Å². The summed E-state index contributed by atoms with van der Waals surface area (Å²) in [6.45, 7) is 0.648. The van der Waals surface area contributed by atoms with Gasteiger partial charge in [0.2, 0.25) is 5.91 Å². The minimum Gasteiger partial charge on any atom is -0.369 e. The van der Waals surface area contributed by atoms with E-state index in [0.717, 1.165) is 6.07 Å². The number of aromatic nitrogens is 3. The second-order valence-electron chi connectivity index (χ2n) is 5.48. The van der Waals surface area contributed by atoms with Crippen molar-refractivity contribution in [3.63, 3.8) is 0 Å². The van der Waals surface area contributed by atoms with Gasteiger partial charge in [-0.05, 0) is 18.6 Å². The van der Waals surface area contributed by atoms with Crippen LogP contribution in [0.1, 0.15) is 12.1 Å². The number of alkyl halides is 3. The first-order chi connectivity index (χ1) is 11.3. The van der Waals surface area contributed by atoms with E-state index in [2.05, 4.69) is 15.0 Å². The molecule has 3 heterocycles. The summed E-state index contributed by atoms with van der Waals surface area (Å²) in [5.74, 6) is -0.857. The average molecular weight is 337 g/mol. The standard InChI is InChI=1S/C15H14F3N5O/c16-15(17,18)11-7-12(23-6-4-9(8-23)13(19)24)22-14(21-11)10-3-1-2-5-20-10/h1-3,5,7,9H,4,6,8H2,(H2,19,24)/t9-/m1/s1. The fourth-order valence-electron chi connectivity index (χ4n) is 2.55. The molecule has 1 atom stereocenters. The highest BCUT2D eigenvalue weighted by Crippen LogP contribution is 2.32. The van der Waals surface area contributed by atoms with Crippen LogP contribution >= 0.6 is 0 Å². The maximum Gasteiger partial charge on any atom is 0.433 e. The predicted octanol–water partition coefficient (Wildman–Crippen LogP) is 1.87. The molecule has 0 unspecified atom stereocenters. The monoisotopic (exact) mass is 337 g/mol. The van der Waals surface area contributed by atoms with E-state index in [4.69, 9.17) is 5.73 Å². The first-order valence-electron chi connectivity index (χ1n) is 7.26. The summed E-state index contributed by atoms with van der Waals surface area (Å²) >= 11 is 0. The lowest BCUT2D eigenvalue weighted by Gasteiger charge is -2.19. The molecule has 2 aromatic heterocycles. The third-order valence-electron chi connectivity index (χ3n) is 3.81. The topological polar surface area (TPSA) is 85.0 Å². The molecule has 1 aliphatic heterocycles. The first kappa shape index (κ1) is 16.2. The van der Waals surface area contributed by atoms with E-state index in [9.17, 15) is 18.0 Å². The van der Waals surface area contributed by atoms with E-state index in [1.807, 2.05) is 0 Å². The maximum atomic E-state index is 13.2. The van der Waals surface area contributed by atoms with Gasteiger partial charge in [0.15, 0.2) is 11.5 Å². The molecule has 24 heavy (non-hydrogen) atoms. The number of amides is 1. The maximum absolute atomic E-state index is 13.2.